The second-order valence-corrected chi connectivity index (χ2v) is 6.86. The lowest BCUT2D eigenvalue weighted by molar-refractivity contribution is -0.118. The zero-order chi connectivity index (χ0) is 22.9. The molecule has 3 aromatic carbocycles. The van der Waals surface area contributed by atoms with Crippen molar-refractivity contribution in [2.24, 2.45) is 5.10 Å². The molecule has 0 heterocycles. The fourth-order valence-electron chi connectivity index (χ4n) is 2.64. The lowest BCUT2D eigenvalue weighted by Crippen LogP contribution is -2.21. The minimum absolute atomic E-state index is 0.272. The number of hydrogen-bond acceptors (Lipinski definition) is 5. The first kappa shape index (κ1) is 22.8. The van der Waals surface area contributed by atoms with E-state index in [0.29, 0.717) is 27.6 Å². The standard InChI is InChI=1S/C23H19ClFN3O4/c1-31-20-4-2-3-16(13-26-28-23(30)15-5-7-17(24)8-6-15)22(20)32-14-21(29)27-19-11-9-18(25)10-12-19/h2-13H,14H2,1H3,(H,27,29)(H,28,30)/b26-13-. The van der Waals surface area contributed by atoms with Crippen LogP contribution in [0.2, 0.25) is 5.02 Å². The highest BCUT2D eigenvalue weighted by Gasteiger charge is 2.12. The molecule has 0 saturated heterocycles. The van der Waals surface area contributed by atoms with E-state index < -0.39 is 17.6 Å². The van der Waals surface area contributed by atoms with Gasteiger partial charge in [-0.2, -0.15) is 5.10 Å². The van der Waals surface area contributed by atoms with Crippen molar-refractivity contribution in [1.29, 1.82) is 0 Å². The van der Waals surface area contributed by atoms with Crippen molar-refractivity contribution in [1.82, 2.24) is 5.43 Å². The van der Waals surface area contributed by atoms with Gasteiger partial charge in [0.1, 0.15) is 5.82 Å². The predicted octanol–water partition coefficient (Wildman–Crippen LogP) is 4.27. The zero-order valence-corrected chi connectivity index (χ0v) is 17.7. The van der Waals surface area contributed by atoms with Gasteiger partial charge in [-0.25, -0.2) is 9.82 Å². The van der Waals surface area contributed by atoms with Crippen molar-refractivity contribution in [3.05, 3.63) is 88.7 Å². The number of methoxy groups -OCH3 is 1. The molecule has 0 saturated carbocycles. The molecule has 2 amide bonds. The van der Waals surface area contributed by atoms with Crippen molar-refractivity contribution >= 4 is 35.3 Å². The van der Waals surface area contributed by atoms with Crippen LogP contribution in [0, 0.1) is 5.82 Å². The van der Waals surface area contributed by atoms with Crippen LogP contribution in [0.15, 0.2) is 71.8 Å². The maximum Gasteiger partial charge on any atom is 0.271 e. The normalized spacial score (nSPS) is 10.6. The van der Waals surface area contributed by atoms with E-state index in [1.54, 1.807) is 42.5 Å². The number of carbonyl (C=O) groups is 2. The van der Waals surface area contributed by atoms with E-state index in [1.165, 1.54) is 37.6 Å². The largest absolute Gasteiger partial charge is 0.493 e. The number of anilines is 1. The summed E-state index contributed by atoms with van der Waals surface area (Å²) in [5.41, 5.74) is 3.73. The minimum Gasteiger partial charge on any atom is -0.493 e. The fourth-order valence-corrected chi connectivity index (χ4v) is 2.77. The zero-order valence-electron chi connectivity index (χ0n) is 17.0. The van der Waals surface area contributed by atoms with E-state index in [1.807, 2.05) is 0 Å². The summed E-state index contributed by atoms with van der Waals surface area (Å²) in [6, 6.07) is 16.8. The van der Waals surface area contributed by atoms with E-state index in [0.717, 1.165) is 0 Å². The highest BCUT2D eigenvalue weighted by molar-refractivity contribution is 6.30. The molecule has 0 aliphatic carbocycles. The number of amides is 2. The van der Waals surface area contributed by atoms with Crippen molar-refractivity contribution < 1.29 is 23.5 Å². The van der Waals surface area contributed by atoms with E-state index in [9.17, 15) is 14.0 Å². The lowest BCUT2D eigenvalue weighted by Gasteiger charge is -2.13. The van der Waals surface area contributed by atoms with Crippen LogP contribution in [0.3, 0.4) is 0 Å². The first-order chi connectivity index (χ1) is 15.5. The molecule has 0 bridgehead atoms. The number of nitrogens with zero attached hydrogens (tertiary/aromatic N) is 1. The third kappa shape index (κ3) is 6.29. The summed E-state index contributed by atoms with van der Waals surface area (Å²) >= 11 is 5.82. The number of hydrazone groups is 1. The van der Waals surface area contributed by atoms with Gasteiger partial charge in [0.2, 0.25) is 0 Å². The second-order valence-electron chi connectivity index (χ2n) is 6.43. The lowest BCUT2D eigenvalue weighted by atomic mass is 10.2. The van der Waals surface area contributed by atoms with Gasteiger partial charge in [0.25, 0.3) is 11.8 Å². The number of carbonyl (C=O) groups excluding carboxylic acids is 2. The van der Waals surface area contributed by atoms with Gasteiger partial charge < -0.3 is 14.8 Å². The third-order valence-electron chi connectivity index (χ3n) is 4.18. The van der Waals surface area contributed by atoms with Crippen LogP contribution < -0.4 is 20.2 Å². The summed E-state index contributed by atoms with van der Waals surface area (Å²) < 4.78 is 23.9. The molecule has 0 spiro atoms. The van der Waals surface area contributed by atoms with Crippen molar-refractivity contribution in [2.75, 3.05) is 19.0 Å². The van der Waals surface area contributed by atoms with Crippen LogP contribution in [0.5, 0.6) is 11.5 Å². The van der Waals surface area contributed by atoms with E-state index in [2.05, 4.69) is 15.8 Å². The number of nitrogens with one attached hydrogen (secondary N) is 2. The number of halogens is 2. The second kappa shape index (κ2) is 10.9. The average Bonchev–Trinajstić information content (AvgIpc) is 2.79. The summed E-state index contributed by atoms with van der Waals surface area (Å²) in [6.45, 7) is -0.324. The molecule has 0 aliphatic rings. The van der Waals surface area contributed by atoms with Crippen LogP contribution in [0.4, 0.5) is 10.1 Å². The van der Waals surface area contributed by atoms with Crippen LogP contribution in [-0.2, 0) is 4.79 Å². The van der Waals surface area contributed by atoms with Gasteiger partial charge >= 0.3 is 0 Å². The Kier molecular flexibility index (Phi) is 7.77. The molecule has 0 aliphatic heterocycles. The quantitative estimate of drug-likeness (QED) is 0.392. The smallest absolute Gasteiger partial charge is 0.271 e. The Labute approximate surface area is 188 Å². The summed E-state index contributed by atoms with van der Waals surface area (Å²) in [5, 5.41) is 7.08. The topological polar surface area (TPSA) is 89.0 Å². The Morgan fingerprint density at radius 2 is 1.78 bits per heavy atom. The molecular weight excluding hydrogens is 437 g/mol. The summed E-state index contributed by atoms with van der Waals surface area (Å²) in [6.07, 6.45) is 1.38. The maximum atomic E-state index is 13.0. The Balaban J connectivity index is 1.66. The van der Waals surface area contributed by atoms with Crippen LogP contribution in [0.25, 0.3) is 0 Å². The Morgan fingerprint density at radius 1 is 1.06 bits per heavy atom. The monoisotopic (exact) mass is 455 g/mol. The Hall–Kier alpha value is -3.91. The predicted molar refractivity (Wildman–Crippen MR) is 120 cm³/mol. The Bertz CT molecular complexity index is 1120. The average molecular weight is 456 g/mol. The molecule has 0 fully saturated rings. The highest BCUT2D eigenvalue weighted by Crippen LogP contribution is 2.30. The van der Waals surface area contributed by atoms with Crippen molar-refractivity contribution in [2.45, 2.75) is 0 Å². The van der Waals surface area contributed by atoms with Gasteiger partial charge in [-0.15, -0.1) is 0 Å². The highest BCUT2D eigenvalue weighted by atomic mass is 35.5. The van der Waals surface area contributed by atoms with Crippen LogP contribution in [-0.4, -0.2) is 31.7 Å². The summed E-state index contributed by atoms with van der Waals surface area (Å²) in [4.78, 5) is 24.4. The van der Waals surface area contributed by atoms with Crippen molar-refractivity contribution in [3.63, 3.8) is 0 Å². The number of ether oxygens (including phenoxy) is 2. The van der Waals surface area contributed by atoms with Crippen LogP contribution >= 0.6 is 11.6 Å². The molecule has 7 nitrogen and oxygen atoms in total. The molecular formula is C23H19ClFN3O4. The first-order valence-electron chi connectivity index (χ1n) is 9.40. The number of benzene rings is 3. The van der Waals surface area contributed by atoms with E-state index >= 15 is 0 Å². The van der Waals surface area contributed by atoms with Gasteiger partial charge in [0, 0.05) is 21.8 Å². The van der Waals surface area contributed by atoms with Gasteiger partial charge in [0.05, 0.1) is 13.3 Å². The number of rotatable bonds is 8. The first-order valence-corrected chi connectivity index (χ1v) is 9.78. The molecule has 0 unspecified atom stereocenters. The van der Waals surface area contributed by atoms with Gasteiger partial charge in [-0.3, -0.25) is 9.59 Å². The third-order valence-corrected chi connectivity index (χ3v) is 4.43. The van der Waals surface area contributed by atoms with Crippen LogP contribution in [0.1, 0.15) is 15.9 Å². The van der Waals surface area contributed by atoms with Crippen molar-refractivity contribution in [3.8, 4) is 11.5 Å². The molecule has 0 atom stereocenters. The molecule has 0 aromatic heterocycles. The molecule has 0 radical (unpaired) electrons. The SMILES string of the molecule is COc1cccc(/C=N\NC(=O)c2ccc(Cl)cc2)c1OCC(=O)Nc1ccc(F)cc1. The molecule has 9 heteroatoms. The molecule has 3 rings (SSSR count). The number of para-hydroxylation sites is 1. The summed E-state index contributed by atoms with van der Waals surface area (Å²) in [5.74, 6) is -0.606. The van der Waals surface area contributed by atoms with Gasteiger partial charge in [-0.05, 0) is 60.7 Å². The number of hydrogen-bond donors (Lipinski definition) is 2. The Morgan fingerprint density at radius 3 is 2.47 bits per heavy atom. The molecule has 164 valence electrons. The summed E-state index contributed by atoms with van der Waals surface area (Å²) in [7, 11) is 1.46. The van der Waals surface area contributed by atoms with Gasteiger partial charge in [0.15, 0.2) is 18.1 Å². The minimum atomic E-state index is -0.443. The molecule has 3 aromatic rings. The fraction of sp³-hybridized carbons (Fsp3) is 0.0870. The maximum absolute atomic E-state index is 13.0. The van der Waals surface area contributed by atoms with E-state index in [-0.39, 0.29) is 12.4 Å². The van der Waals surface area contributed by atoms with Gasteiger partial charge in [-0.1, -0.05) is 17.7 Å². The molecule has 2 N–H and O–H groups in total. The van der Waals surface area contributed by atoms with E-state index in [4.69, 9.17) is 21.1 Å². The molecule has 32 heavy (non-hydrogen) atoms.